The fourth-order valence-corrected chi connectivity index (χ4v) is 3.45. The molecule has 0 amide bonds. The van der Waals surface area contributed by atoms with Gasteiger partial charge in [-0.1, -0.05) is 36.2 Å². The second-order valence-electron chi connectivity index (χ2n) is 4.46. The normalized spacial score (nSPS) is 14.0. The summed E-state index contributed by atoms with van der Waals surface area (Å²) in [6.07, 6.45) is -0.0249. The molecule has 0 aliphatic carbocycles. The van der Waals surface area contributed by atoms with Gasteiger partial charge in [-0.05, 0) is 43.8 Å². The SMILES string of the molecule is CCNC(c1ccc(Cl)s1)C(C)Oc1cccc(Cl)c1. The number of hydrogen-bond acceptors (Lipinski definition) is 3. The lowest BCUT2D eigenvalue weighted by molar-refractivity contribution is 0.173. The van der Waals surface area contributed by atoms with Crippen molar-refractivity contribution in [3.05, 3.63) is 50.6 Å². The maximum Gasteiger partial charge on any atom is 0.121 e. The van der Waals surface area contributed by atoms with Crippen molar-refractivity contribution in [3.63, 3.8) is 0 Å². The molecule has 1 heterocycles. The lowest BCUT2D eigenvalue weighted by Gasteiger charge is -2.25. The van der Waals surface area contributed by atoms with Gasteiger partial charge in [0, 0.05) is 9.90 Å². The van der Waals surface area contributed by atoms with Crippen molar-refractivity contribution >= 4 is 34.5 Å². The van der Waals surface area contributed by atoms with E-state index in [9.17, 15) is 0 Å². The quantitative estimate of drug-likeness (QED) is 0.789. The molecule has 1 aromatic heterocycles. The number of rotatable bonds is 6. The van der Waals surface area contributed by atoms with Crippen molar-refractivity contribution in [1.29, 1.82) is 0 Å². The van der Waals surface area contributed by atoms with Crippen molar-refractivity contribution in [2.75, 3.05) is 6.54 Å². The largest absolute Gasteiger partial charge is 0.489 e. The molecule has 108 valence electrons. The van der Waals surface area contributed by atoms with E-state index in [1.165, 1.54) is 4.88 Å². The van der Waals surface area contributed by atoms with Gasteiger partial charge in [-0.3, -0.25) is 0 Å². The maximum atomic E-state index is 6.02. The standard InChI is InChI=1S/C15H17Cl2NOS/c1-3-18-15(13-7-8-14(17)20-13)10(2)19-12-6-4-5-11(16)9-12/h4-10,15,18H,3H2,1-2H3. The van der Waals surface area contributed by atoms with Gasteiger partial charge in [0.15, 0.2) is 0 Å². The summed E-state index contributed by atoms with van der Waals surface area (Å²) in [4.78, 5) is 1.17. The Balaban J connectivity index is 2.12. The molecule has 0 spiro atoms. The number of halogens is 2. The van der Waals surface area contributed by atoms with E-state index < -0.39 is 0 Å². The van der Waals surface area contributed by atoms with Crippen LogP contribution in [-0.4, -0.2) is 12.6 Å². The van der Waals surface area contributed by atoms with Crippen LogP contribution in [0.25, 0.3) is 0 Å². The highest BCUT2D eigenvalue weighted by molar-refractivity contribution is 7.16. The van der Waals surface area contributed by atoms with E-state index >= 15 is 0 Å². The van der Waals surface area contributed by atoms with E-state index in [1.54, 1.807) is 11.3 Å². The molecule has 2 nitrogen and oxygen atoms in total. The summed E-state index contributed by atoms with van der Waals surface area (Å²) in [6, 6.07) is 11.5. The molecule has 0 bridgehead atoms. The Kier molecular flexibility index (Phi) is 5.73. The van der Waals surface area contributed by atoms with E-state index in [-0.39, 0.29) is 12.1 Å². The van der Waals surface area contributed by atoms with Crippen molar-refractivity contribution in [2.24, 2.45) is 0 Å². The van der Waals surface area contributed by atoms with Crippen molar-refractivity contribution in [1.82, 2.24) is 5.32 Å². The summed E-state index contributed by atoms with van der Waals surface area (Å²) < 4.78 is 6.78. The topological polar surface area (TPSA) is 21.3 Å². The molecule has 0 aliphatic rings. The third-order valence-corrected chi connectivity index (χ3v) is 4.46. The first-order valence-electron chi connectivity index (χ1n) is 6.51. The van der Waals surface area contributed by atoms with Crippen LogP contribution < -0.4 is 10.1 Å². The summed E-state index contributed by atoms with van der Waals surface area (Å²) in [6.45, 7) is 4.99. The Morgan fingerprint density at radius 1 is 1.25 bits per heavy atom. The average molecular weight is 330 g/mol. The van der Waals surface area contributed by atoms with Gasteiger partial charge in [-0.25, -0.2) is 0 Å². The van der Waals surface area contributed by atoms with Crippen LogP contribution >= 0.6 is 34.5 Å². The van der Waals surface area contributed by atoms with Crippen LogP contribution in [0, 0.1) is 0 Å². The Morgan fingerprint density at radius 2 is 2.05 bits per heavy atom. The van der Waals surface area contributed by atoms with Crippen LogP contribution in [0.4, 0.5) is 0 Å². The third-order valence-electron chi connectivity index (χ3n) is 2.91. The van der Waals surface area contributed by atoms with Gasteiger partial charge in [0.25, 0.3) is 0 Å². The lowest BCUT2D eigenvalue weighted by Crippen LogP contribution is -2.33. The van der Waals surface area contributed by atoms with Crippen LogP contribution in [0.1, 0.15) is 24.8 Å². The molecule has 5 heteroatoms. The summed E-state index contributed by atoms with van der Waals surface area (Å²) in [5.41, 5.74) is 0. The number of nitrogens with one attached hydrogen (secondary N) is 1. The van der Waals surface area contributed by atoms with E-state index in [4.69, 9.17) is 27.9 Å². The zero-order chi connectivity index (χ0) is 14.5. The van der Waals surface area contributed by atoms with Crippen LogP contribution in [0.3, 0.4) is 0 Å². The minimum atomic E-state index is -0.0249. The Bertz CT molecular complexity index is 558. The highest BCUT2D eigenvalue weighted by Crippen LogP contribution is 2.30. The Morgan fingerprint density at radius 3 is 2.65 bits per heavy atom. The molecule has 2 aromatic rings. The molecule has 0 saturated carbocycles. The van der Waals surface area contributed by atoms with Gasteiger partial charge in [0.05, 0.1) is 10.4 Å². The summed E-state index contributed by atoms with van der Waals surface area (Å²) in [5.74, 6) is 0.774. The molecule has 2 rings (SSSR count). The van der Waals surface area contributed by atoms with Gasteiger partial charge in [0.1, 0.15) is 11.9 Å². The van der Waals surface area contributed by atoms with E-state index in [0.717, 1.165) is 16.6 Å². The van der Waals surface area contributed by atoms with Crippen molar-refractivity contribution in [3.8, 4) is 5.75 Å². The summed E-state index contributed by atoms with van der Waals surface area (Å²) in [5, 5.41) is 4.12. The zero-order valence-electron chi connectivity index (χ0n) is 11.4. The molecule has 1 aromatic carbocycles. The number of ether oxygens (including phenoxy) is 1. The van der Waals surface area contributed by atoms with Crippen LogP contribution in [0.15, 0.2) is 36.4 Å². The first-order chi connectivity index (χ1) is 9.60. The van der Waals surface area contributed by atoms with Crippen LogP contribution in [0.5, 0.6) is 5.75 Å². The van der Waals surface area contributed by atoms with E-state index in [1.807, 2.05) is 43.3 Å². The Hall–Kier alpha value is -0.740. The minimum absolute atomic E-state index is 0.0249. The Labute approximate surface area is 133 Å². The highest BCUT2D eigenvalue weighted by Gasteiger charge is 2.21. The van der Waals surface area contributed by atoms with E-state index in [0.29, 0.717) is 5.02 Å². The third kappa shape index (κ3) is 4.13. The molecule has 0 fully saturated rings. The smallest absolute Gasteiger partial charge is 0.121 e. The summed E-state index contributed by atoms with van der Waals surface area (Å²) in [7, 11) is 0. The molecule has 2 unspecified atom stereocenters. The molecule has 1 N–H and O–H groups in total. The molecule has 0 radical (unpaired) electrons. The zero-order valence-corrected chi connectivity index (χ0v) is 13.7. The monoisotopic (exact) mass is 329 g/mol. The fraction of sp³-hybridized carbons (Fsp3) is 0.333. The van der Waals surface area contributed by atoms with E-state index in [2.05, 4.69) is 12.2 Å². The predicted molar refractivity (Wildman–Crippen MR) is 87.3 cm³/mol. The minimum Gasteiger partial charge on any atom is -0.489 e. The maximum absolute atomic E-state index is 6.02. The number of thiophene rings is 1. The number of likely N-dealkylation sites (N-methyl/N-ethyl adjacent to an activating group) is 1. The molecule has 2 atom stereocenters. The second-order valence-corrected chi connectivity index (χ2v) is 6.64. The van der Waals surface area contributed by atoms with Crippen LogP contribution in [0.2, 0.25) is 9.36 Å². The lowest BCUT2D eigenvalue weighted by atomic mass is 10.1. The first kappa shape index (κ1) is 15.6. The van der Waals surface area contributed by atoms with Crippen molar-refractivity contribution in [2.45, 2.75) is 26.0 Å². The molecule has 0 saturated heterocycles. The second kappa shape index (κ2) is 7.32. The van der Waals surface area contributed by atoms with Gasteiger partial charge < -0.3 is 10.1 Å². The summed E-state index contributed by atoms with van der Waals surface area (Å²) >= 11 is 13.6. The van der Waals surface area contributed by atoms with Gasteiger partial charge in [0.2, 0.25) is 0 Å². The van der Waals surface area contributed by atoms with Gasteiger partial charge in [-0.2, -0.15) is 0 Å². The molecular formula is C15H17Cl2NOS. The number of benzene rings is 1. The fourth-order valence-electron chi connectivity index (χ4n) is 2.04. The van der Waals surface area contributed by atoms with Crippen LogP contribution in [-0.2, 0) is 0 Å². The number of hydrogen-bond donors (Lipinski definition) is 1. The van der Waals surface area contributed by atoms with Crippen molar-refractivity contribution < 1.29 is 4.74 Å². The molecular weight excluding hydrogens is 313 g/mol. The first-order valence-corrected chi connectivity index (χ1v) is 8.08. The molecule has 20 heavy (non-hydrogen) atoms. The predicted octanol–water partition coefficient (Wildman–Crippen LogP) is 5.17. The van der Waals surface area contributed by atoms with Gasteiger partial charge in [-0.15, -0.1) is 11.3 Å². The molecule has 0 aliphatic heterocycles. The average Bonchev–Trinajstić information content (AvgIpc) is 2.82. The van der Waals surface area contributed by atoms with Gasteiger partial charge >= 0.3 is 0 Å². The highest BCUT2D eigenvalue weighted by atomic mass is 35.5.